The summed E-state index contributed by atoms with van der Waals surface area (Å²) in [5.41, 5.74) is 11.9. The Morgan fingerprint density at radius 3 is 2.47 bits per heavy atom. The normalized spacial score (nSPS) is 17.7. The average molecular weight is 853 g/mol. The van der Waals surface area contributed by atoms with Gasteiger partial charge in [0, 0.05) is 83.2 Å². The predicted octanol–water partition coefficient (Wildman–Crippen LogP) is 6.92. The first-order valence-electron chi connectivity index (χ1n) is 20.9. The van der Waals surface area contributed by atoms with Crippen LogP contribution in [0.15, 0.2) is 70.7 Å². The van der Waals surface area contributed by atoms with Gasteiger partial charge < -0.3 is 35.6 Å². The number of anilines is 3. The van der Waals surface area contributed by atoms with Gasteiger partial charge in [0.1, 0.15) is 16.6 Å². The van der Waals surface area contributed by atoms with Crippen molar-refractivity contribution in [3.8, 4) is 5.75 Å². The van der Waals surface area contributed by atoms with E-state index in [0.717, 1.165) is 93.3 Å². The van der Waals surface area contributed by atoms with Crippen LogP contribution >= 0.6 is 23.4 Å². The van der Waals surface area contributed by atoms with E-state index in [0.29, 0.717) is 63.6 Å². The fourth-order valence-electron chi connectivity index (χ4n) is 8.61. The maximum atomic E-state index is 13.4. The number of piperazine rings is 1. The van der Waals surface area contributed by atoms with Crippen molar-refractivity contribution < 1.29 is 24.2 Å². The van der Waals surface area contributed by atoms with Gasteiger partial charge in [-0.15, -0.1) is 0 Å². The minimum Gasteiger partial charge on any atom is -0.507 e. The molecule has 0 unspecified atom stereocenters. The molecular weight excluding hydrogens is 800 g/mol. The van der Waals surface area contributed by atoms with Gasteiger partial charge in [-0.1, -0.05) is 67.5 Å². The van der Waals surface area contributed by atoms with Crippen molar-refractivity contribution in [3.05, 3.63) is 93.6 Å². The summed E-state index contributed by atoms with van der Waals surface area (Å²) in [7, 11) is 0. The third kappa shape index (κ3) is 9.36. The third-order valence-electron chi connectivity index (χ3n) is 12.4. The first-order valence-corrected chi connectivity index (χ1v) is 22.1. The monoisotopic (exact) mass is 852 g/mol. The molecule has 5 heterocycles. The molecule has 0 bridgehead atoms. The van der Waals surface area contributed by atoms with Crippen LogP contribution in [0.2, 0.25) is 5.02 Å². The Hall–Kier alpha value is -4.89. The van der Waals surface area contributed by atoms with Gasteiger partial charge in [-0.05, 0) is 77.1 Å². The molecule has 8 rings (SSSR count). The number of phenolic OH excluding ortho intramolecular Hbond substituents is 1. The SMILES string of the molecule is CC(C)c1ccc(O)c(C(=O)N2Cc3ccc(CN4CCN(C(=O)CCC(=O)Nc5cccc(Sc6ncc(N7CCC8(CCOC8)CC7)nc6N)c5Cl)CC4)cc3C2)c1. The number of benzene rings is 3. The predicted molar refractivity (Wildman–Crippen MR) is 233 cm³/mol. The number of carbonyl (C=O) groups is 3. The molecule has 60 heavy (non-hydrogen) atoms. The van der Waals surface area contributed by atoms with Gasteiger partial charge in [0.15, 0.2) is 5.82 Å². The molecule has 15 heteroatoms. The van der Waals surface area contributed by atoms with E-state index in [1.807, 2.05) is 23.1 Å². The zero-order valence-electron chi connectivity index (χ0n) is 34.3. The molecule has 3 aromatic carbocycles. The number of nitrogen functional groups attached to an aromatic ring is 1. The molecule has 3 saturated heterocycles. The molecule has 3 fully saturated rings. The quantitative estimate of drug-likeness (QED) is 0.144. The summed E-state index contributed by atoms with van der Waals surface area (Å²) in [6.07, 6.45) is 5.15. The van der Waals surface area contributed by atoms with Crippen LogP contribution in [0, 0.1) is 5.41 Å². The average Bonchev–Trinajstić information content (AvgIpc) is 3.89. The van der Waals surface area contributed by atoms with Crippen molar-refractivity contribution in [1.82, 2.24) is 24.7 Å². The second-order valence-electron chi connectivity index (χ2n) is 16.8. The first kappa shape index (κ1) is 41.8. The van der Waals surface area contributed by atoms with Crippen molar-refractivity contribution in [2.24, 2.45) is 5.41 Å². The number of nitrogens with zero attached hydrogens (tertiary/aromatic N) is 6. The van der Waals surface area contributed by atoms with Crippen LogP contribution in [0.5, 0.6) is 5.75 Å². The van der Waals surface area contributed by atoms with Crippen LogP contribution in [0.1, 0.15) is 84.5 Å². The summed E-state index contributed by atoms with van der Waals surface area (Å²) in [6, 6.07) is 17.0. The lowest BCUT2D eigenvalue weighted by Gasteiger charge is -2.38. The minimum absolute atomic E-state index is 0.00424. The number of halogens is 1. The molecule has 4 aliphatic rings. The summed E-state index contributed by atoms with van der Waals surface area (Å²) in [4.78, 5) is 57.7. The van der Waals surface area contributed by atoms with Crippen LogP contribution < -0.4 is 16.0 Å². The highest BCUT2D eigenvalue weighted by Crippen LogP contribution is 2.41. The van der Waals surface area contributed by atoms with E-state index in [1.54, 1.807) is 29.3 Å². The zero-order valence-corrected chi connectivity index (χ0v) is 35.9. The Kier molecular flexibility index (Phi) is 12.5. The highest BCUT2D eigenvalue weighted by atomic mass is 35.5. The second kappa shape index (κ2) is 18.0. The van der Waals surface area contributed by atoms with E-state index in [1.165, 1.54) is 11.8 Å². The Labute approximate surface area is 360 Å². The number of carbonyl (C=O) groups excluding carboxylic acids is 3. The van der Waals surface area contributed by atoms with Crippen LogP contribution in [0.25, 0.3) is 0 Å². The number of piperidine rings is 1. The lowest BCUT2D eigenvalue weighted by molar-refractivity contribution is -0.134. The fraction of sp³-hybridized carbons (Fsp3) is 0.444. The van der Waals surface area contributed by atoms with Crippen molar-refractivity contribution in [2.45, 2.75) is 81.4 Å². The van der Waals surface area contributed by atoms with Gasteiger partial charge >= 0.3 is 0 Å². The minimum atomic E-state index is -0.292. The van der Waals surface area contributed by atoms with Crippen LogP contribution in [0.4, 0.5) is 17.3 Å². The van der Waals surface area contributed by atoms with Gasteiger partial charge in [-0.25, -0.2) is 9.97 Å². The third-order valence-corrected chi connectivity index (χ3v) is 14.0. The lowest BCUT2D eigenvalue weighted by Crippen LogP contribution is -2.48. The maximum absolute atomic E-state index is 13.4. The molecule has 1 spiro atoms. The second-order valence-corrected chi connectivity index (χ2v) is 18.2. The highest BCUT2D eigenvalue weighted by Gasteiger charge is 2.38. The number of amides is 3. The van der Waals surface area contributed by atoms with Gasteiger partial charge in [0.2, 0.25) is 11.8 Å². The van der Waals surface area contributed by atoms with Crippen molar-refractivity contribution >= 4 is 58.4 Å². The van der Waals surface area contributed by atoms with Gasteiger partial charge in [0.25, 0.3) is 5.91 Å². The van der Waals surface area contributed by atoms with E-state index in [2.05, 4.69) is 57.1 Å². The number of hydrogen-bond acceptors (Lipinski definition) is 11. The van der Waals surface area contributed by atoms with Gasteiger partial charge in [0.05, 0.1) is 29.1 Å². The zero-order chi connectivity index (χ0) is 42.0. The summed E-state index contributed by atoms with van der Waals surface area (Å²) in [5, 5.41) is 14.2. The number of ether oxygens (including phenoxy) is 1. The lowest BCUT2D eigenvalue weighted by atomic mass is 9.78. The summed E-state index contributed by atoms with van der Waals surface area (Å²) in [6.45, 7) is 12.0. The molecule has 13 nitrogen and oxygen atoms in total. The fourth-order valence-corrected chi connectivity index (χ4v) is 9.71. The van der Waals surface area contributed by atoms with Gasteiger partial charge in [-0.3, -0.25) is 19.3 Å². The first-order chi connectivity index (χ1) is 28.9. The molecule has 4 aromatic rings. The molecule has 0 aliphatic carbocycles. The van der Waals surface area contributed by atoms with Crippen molar-refractivity contribution in [3.63, 3.8) is 0 Å². The van der Waals surface area contributed by atoms with E-state index in [9.17, 15) is 19.5 Å². The molecule has 0 saturated carbocycles. The standard InChI is InChI=1S/C45H53ClN8O5S/c1-29(2)31-8-9-36(55)34(23-31)44(58)54-26-32-7-6-30(22-33(32)27-54)25-51-17-19-53(20-18-51)40(57)11-10-39(56)49-35-4-3-5-37(41(35)46)60-43-42(47)50-38(24-48-43)52-15-12-45(13-16-52)14-21-59-28-45/h3-9,22-24,29,55H,10-21,25-28H2,1-2H3,(H2,47,50)(H,49,56). The molecular formula is C45H53ClN8O5S. The number of aromatic hydroxyl groups is 1. The van der Waals surface area contributed by atoms with E-state index in [-0.39, 0.29) is 42.2 Å². The summed E-state index contributed by atoms with van der Waals surface area (Å²) in [5.74, 6) is 0.828. The molecule has 0 radical (unpaired) electrons. The number of aromatic nitrogens is 2. The Morgan fingerprint density at radius 1 is 0.950 bits per heavy atom. The summed E-state index contributed by atoms with van der Waals surface area (Å²) >= 11 is 8.06. The largest absolute Gasteiger partial charge is 0.507 e. The number of fused-ring (bicyclic) bond motifs is 1. The van der Waals surface area contributed by atoms with Crippen molar-refractivity contribution in [1.29, 1.82) is 0 Å². The van der Waals surface area contributed by atoms with Crippen LogP contribution in [-0.4, -0.2) is 100.0 Å². The number of phenols is 1. The Balaban J connectivity index is 0.775. The smallest absolute Gasteiger partial charge is 0.258 e. The van der Waals surface area contributed by atoms with Crippen LogP contribution in [0.3, 0.4) is 0 Å². The molecule has 3 amide bonds. The van der Waals surface area contributed by atoms with E-state index < -0.39 is 0 Å². The summed E-state index contributed by atoms with van der Waals surface area (Å²) < 4.78 is 5.67. The number of nitrogens with two attached hydrogens (primary N) is 1. The Morgan fingerprint density at radius 2 is 1.73 bits per heavy atom. The number of rotatable bonds is 11. The highest BCUT2D eigenvalue weighted by molar-refractivity contribution is 7.99. The van der Waals surface area contributed by atoms with E-state index in [4.69, 9.17) is 22.1 Å². The molecule has 4 N–H and O–H groups in total. The molecule has 1 aromatic heterocycles. The molecule has 4 aliphatic heterocycles. The topological polar surface area (TPSA) is 157 Å². The molecule has 0 atom stereocenters. The van der Waals surface area contributed by atoms with Gasteiger partial charge in [-0.2, -0.15) is 0 Å². The van der Waals surface area contributed by atoms with Crippen molar-refractivity contribution in [2.75, 3.05) is 68.4 Å². The van der Waals surface area contributed by atoms with E-state index >= 15 is 0 Å². The number of hydrogen-bond donors (Lipinski definition) is 3. The Bertz CT molecular complexity index is 2250. The molecule has 316 valence electrons. The maximum Gasteiger partial charge on any atom is 0.258 e. The van der Waals surface area contributed by atoms with Crippen LogP contribution in [-0.2, 0) is 34.0 Å². The number of nitrogens with one attached hydrogen (secondary N) is 1.